The first kappa shape index (κ1) is 23.2. The van der Waals surface area contributed by atoms with Crippen molar-refractivity contribution in [1.82, 2.24) is 5.32 Å². The van der Waals surface area contributed by atoms with Crippen LogP contribution in [0.1, 0.15) is 48.9 Å². The summed E-state index contributed by atoms with van der Waals surface area (Å²) in [5, 5.41) is 16.4. The number of amides is 1. The lowest BCUT2D eigenvalue weighted by molar-refractivity contribution is -0.0524. The molecule has 5 nitrogen and oxygen atoms in total. The smallest absolute Gasteiger partial charge is 0.259 e. The summed E-state index contributed by atoms with van der Waals surface area (Å²) in [6, 6.07) is 9.55. The topological polar surface area (TPSA) is 70.6 Å². The molecule has 4 saturated carbocycles. The van der Waals surface area contributed by atoms with Crippen LogP contribution in [-0.4, -0.2) is 36.8 Å². The number of anilines is 1. The van der Waals surface area contributed by atoms with Crippen LogP contribution in [0.15, 0.2) is 42.5 Å². The van der Waals surface area contributed by atoms with Gasteiger partial charge in [-0.3, -0.25) is 4.79 Å². The molecule has 2 aromatic rings. The van der Waals surface area contributed by atoms with E-state index in [0.717, 1.165) is 30.4 Å². The lowest BCUT2D eigenvalue weighted by Crippen LogP contribution is -2.51. The number of nitrogens with one attached hydrogen (secondary N) is 2. The van der Waals surface area contributed by atoms with E-state index in [1.165, 1.54) is 44.6 Å². The lowest BCUT2D eigenvalue weighted by atomic mass is 9.49. The van der Waals surface area contributed by atoms with Crippen LogP contribution < -0.4 is 15.4 Å². The number of hydrogen-bond acceptors (Lipinski definition) is 4. The molecular formula is C27H32F2N2O3. The highest BCUT2D eigenvalue weighted by Crippen LogP contribution is 2.59. The third-order valence-electron chi connectivity index (χ3n) is 7.79. The zero-order valence-electron chi connectivity index (χ0n) is 19.2. The van der Waals surface area contributed by atoms with Crippen molar-refractivity contribution in [2.75, 3.05) is 25.0 Å². The van der Waals surface area contributed by atoms with Crippen LogP contribution in [0.2, 0.25) is 0 Å². The van der Waals surface area contributed by atoms with Gasteiger partial charge in [0.1, 0.15) is 30.1 Å². The molecule has 3 N–H and O–H groups in total. The number of halogens is 2. The number of hydrogen-bond donors (Lipinski definition) is 3. The van der Waals surface area contributed by atoms with Crippen LogP contribution in [-0.2, 0) is 0 Å². The Bertz CT molecular complexity index is 1010. The van der Waals surface area contributed by atoms with Gasteiger partial charge in [0, 0.05) is 19.2 Å². The van der Waals surface area contributed by atoms with Crippen LogP contribution in [0.25, 0.3) is 0 Å². The van der Waals surface area contributed by atoms with Gasteiger partial charge in [-0.1, -0.05) is 12.1 Å². The van der Waals surface area contributed by atoms with E-state index in [-0.39, 0.29) is 17.9 Å². The van der Waals surface area contributed by atoms with E-state index < -0.39 is 23.6 Å². The van der Waals surface area contributed by atoms with E-state index in [4.69, 9.17) is 4.74 Å². The quantitative estimate of drug-likeness (QED) is 0.494. The van der Waals surface area contributed by atoms with Crippen LogP contribution in [0, 0.1) is 34.8 Å². The molecule has 4 bridgehead atoms. The molecule has 182 valence electrons. The molecule has 0 saturated heterocycles. The summed E-state index contributed by atoms with van der Waals surface area (Å²) in [6.45, 7) is 1.40. The highest BCUT2D eigenvalue weighted by Gasteiger charge is 2.50. The minimum atomic E-state index is -0.854. The summed E-state index contributed by atoms with van der Waals surface area (Å²) in [4.78, 5) is 12.7. The third-order valence-corrected chi connectivity index (χ3v) is 7.79. The second-order valence-electron chi connectivity index (χ2n) is 10.6. The van der Waals surface area contributed by atoms with Crippen molar-refractivity contribution in [3.63, 3.8) is 0 Å². The van der Waals surface area contributed by atoms with Gasteiger partial charge in [-0.15, -0.1) is 0 Å². The average Bonchev–Trinajstić information content (AvgIpc) is 2.78. The molecule has 4 aliphatic rings. The van der Waals surface area contributed by atoms with Crippen LogP contribution in [0.3, 0.4) is 0 Å². The average molecular weight is 471 g/mol. The number of rotatable bonds is 9. The predicted octanol–water partition coefficient (Wildman–Crippen LogP) is 4.76. The molecule has 4 fully saturated rings. The molecular weight excluding hydrogens is 438 g/mol. The number of ether oxygens (including phenoxy) is 1. The lowest BCUT2D eigenvalue weighted by Gasteiger charge is -2.57. The molecule has 1 atom stereocenters. The number of aliphatic hydroxyl groups is 1. The van der Waals surface area contributed by atoms with Crippen molar-refractivity contribution in [3.05, 3.63) is 59.7 Å². The maximum atomic E-state index is 13.9. The monoisotopic (exact) mass is 470 g/mol. The Balaban J connectivity index is 1.12. The molecule has 1 amide bonds. The number of para-hydroxylation sites is 1. The fourth-order valence-electron chi connectivity index (χ4n) is 6.82. The van der Waals surface area contributed by atoms with Gasteiger partial charge in [-0.05, 0) is 86.0 Å². The molecule has 0 aliphatic heterocycles. The van der Waals surface area contributed by atoms with Crippen LogP contribution >= 0.6 is 0 Å². The Morgan fingerprint density at radius 3 is 2.41 bits per heavy atom. The van der Waals surface area contributed by atoms with Gasteiger partial charge < -0.3 is 20.5 Å². The minimum absolute atomic E-state index is 0.0308. The highest BCUT2D eigenvalue weighted by molar-refractivity contribution is 6.06. The van der Waals surface area contributed by atoms with Crippen LogP contribution in [0.5, 0.6) is 5.75 Å². The maximum Gasteiger partial charge on any atom is 0.259 e. The van der Waals surface area contributed by atoms with Gasteiger partial charge in [0.25, 0.3) is 5.91 Å². The van der Waals surface area contributed by atoms with Crippen molar-refractivity contribution in [3.8, 4) is 5.75 Å². The minimum Gasteiger partial charge on any atom is -0.490 e. The zero-order chi connectivity index (χ0) is 23.7. The Morgan fingerprint density at radius 1 is 1.06 bits per heavy atom. The molecule has 0 spiro atoms. The Morgan fingerprint density at radius 2 is 1.74 bits per heavy atom. The zero-order valence-corrected chi connectivity index (χ0v) is 19.2. The Labute approximate surface area is 198 Å². The van der Waals surface area contributed by atoms with Gasteiger partial charge in [0.15, 0.2) is 0 Å². The molecule has 7 heteroatoms. The van der Waals surface area contributed by atoms with Crippen molar-refractivity contribution < 1.29 is 23.4 Å². The summed E-state index contributed by atoms with van der Waals surface area (Å²) in [7, 11) is 0. The fourth-order valence-corrected chi connectivity index (χ4v) is 6.82. The van der Waals surface area contributed by atoms with Crippen molar-refractivity contribution >= 4 is 11.6 Å². The standard InChI is InChI=1S/C27H32F2N2O3/c28-20-5-6-24(23(29)10-20)31-26(33)22-3-1-2-4-25(22)34-15-21(32)14-30-16-27-11-17-7-18(12-27)9-19(8-17)13-27/h1-6,10,17-19,21,30,32H,7-9,11-16H2,(H,31,33). The summed E-state index contributed by atoms with van der Waals surface area (Å²) < 4.78 is 32.8. The van der Waals surface area contributed by atoms with Crippen molar-refractivity contribution in [2.45, 2.75) is 44.6 Å². The van der Waals surface area contributed by atoms with Gasteiger partial charge in [-0.25, -0.2) is 8.78 Å². The molecule has 34 heavy (non-hydrogen) atoms. The first-order valence-electron chi connectivity index (χ1n) is 12.3. The molecule has 2 aromatic carbocycles. The first-order chi connectivity index (χ1) is 16.4. The second kappa shape index (κ2) is 9.62. The van der Waals surface area contributed by atoms with E-state index in [9.17, 15) is 18.7 Å². The van der Waals surface area contributed by atoms with Gasteiger partial charge in [0.2, 0.25) is 0 Å². The number of aliphatic hydroxyl groups excluding tert-OH is 1. The summed E-state index contributed by atoms with van der Waals surface area (Å²) >= 11 is 0. The SMILES string of the molecule is O=C(Nc1ccc(F)cc1F)c1ccccc1OCC(O)CNCC12CC3CC(CC(C3)C1)C2. The number of benzene rings is 2. The van der Waals surface area contributed by atoms with E-state index in [2.05, 4.69) is 10.6 Å². The van der Waals surface area contributed by atoms with E-state index in [0.29, 0.717) is 23.8 Å². The van der Waals surface area contributed by atoms with Crippen LogP contribution in [0.4, 0.5) is 14.5 Å². The molecule has 1 unspecified atom stereocenters. The van der Waals surface area contributed by atoms with Gasteiger partial charge in [0.05, 0.1) is 11.3 Å². The van der Waals surface area contributed by atoms with Crippen molar-refractivity contribution in [2.24, 2.45) is 23.2 Å². The molecule has 6 rings (SSSR count). The van der Waals surface area contributed by atoms with E-state index in [1.807, 2.05) is 0 Å². The normalized spacial score (nSPS) is 28.0. The highest BCUT2D eigenvalue weighted by atomic mass is 19.1. The van der Waals surface area contributed by atoms with Gasteiger partial charge >= 0.3 is 0 Å². The molecule has 0 heterocycles. The Kier molecular flexibility index (Phi) is 6.58. The number of carbonyl (C=O) groups is 1. The maximum absolute atomic E-state index is 13.9. The Hall–Kier alpha value is -2.51. The second-order valence-corrected chi connectivity index (χ2v) is 10.6. The van der Waals surface area contributed by atoms with Crippen molar-refractivity contribution in [1.29, 1.82) is 0 Å². The van der Waals surface area contributed by atoms with Gasteiger partial charge in [-0.2, -0.15) is 0 Å². The largest absolute Gasteiger partial charge is 0.490 e. The molecule has 0 radical (unpaired) electrons. The summed E-state index contributed by atoms with van der Waals surface area (Å²) in [5.74, 6) is 0.836. The molecule has 4 aliphatic carbocycles. The predicted molar refractivity (Wildman–Crippen MR) is 126 cm³/mol. The van der Waals surface area contributed by atoms with E-state index in [1.54, 1.807) is 24.3 Å². The summed E-state index contributed by atoms with van der Waals surface area (Å²) in [6.07, 6.45) is 7.46. The fraction of sp³-hybridized carbons (Fsp3) is 0.519. The first-order valence-corrected chi connectivity index (χ1v) is 12.3. The summed E-state index contributed by atoms with van der Waals surface area (Å²) in [5.41, 5.74) is 0.491. The molecule has 0 aromatic heterocycles. The number of carbonyl (C=O) groups excluding carboxylic acids is 1. The third kappa shape index (κ3) is 5.10. The van der Waals surface area contributed by atoms with E-state index >= 15 is 0 Å².